The predicted molar refractivity (Wildman–Crippen MR) is 122 cm³/mol. The Morgan fingerprint density at radius 3 is 2.17 bits per heavy atom. The number of carbonyl (C=O) groups is 2. The molecule has 0 heterocycles. The van der Waals surface area contributed by atoms with Gasteiger partial charge in [-0.1, -0.05) is 72.6 Å². The fourth-order valence-corrected chi connectivity index (χ4v) is 3.50. The van der Waals surface area contributed by atoms with E-state index in [9.17, 15) is 9.59 Å². The molecule has 3 aromatic carbocycles. The second-order valence-corrected chi connectivity index (χ2v) is 9.10. The molecule has 0 unspecified atom stereocenters. The first-order chi connectivity index (χ1) is 13.7. The number of anilines is 1. The molecule has 0 aliphatic carbocycles. The lowest BCUT2D eigenvalue weighted by Crippen LogP contribution is -2.16. The molecule has 0 aliphatic rings. The number of carbonyl (C=O) groups excluding carboxylic acids is 2. The van der Waals surface area contributed by atoms with Crippen LogP contribution >= 0.6 is 27.5 Å². The number of halogens is 2. The quantitative estimate of drug-likeness (QED) is 0.422. The number of hydrogen-bond donors (Lipinski definition) is 1. The monoisotopic (exact) mass is 469 g/mol. The van der Waals surface area contributed by atoms with Gasteiger partial charge < -0.3 is 5.32 Å². The first-order valence-electron chi connectivity index (χ1n) is 9.17. The van der Waals surface area contributed by atoms with E-state index < -0.39 is 0 Å². The smallest absolute Gasteiger partial charge is 0.255 e. The van der Waals surface area contributed by atoms with Crippen LogP contribution in [0.3, 0.4) is 0 Å². The van der Waals surface area contributed by atoms with E-state index in [-0.39, 0.29) is 17.1 Å². The molecule has 0 aromatic heterocycles. The zero-order valence-corrected chi connectivity index (χ0v) is 18.8. The summed E-state index contributed by atoms with van der Waals surface area (Å²) in [6.45, 7) is 6.36. The van der Waals surface area contributed by atoms with Crippen LogP contribution in [0.15, 0.2) is 71.2 Å². The van der Waals surface area contributed by atoms with Gasteiger partial charge in [-0.2, -0.15) is 0 Å². The summed E-state index contributed by atoms with van der Waals surface area (Å²) in [7, 11) is 0. The number of ketones is 1. The third-order valence-electron chi connectivity index (χ3n) is 4.61. The largest absolute Gasteiger partial charge is 0.321 e. The van der Waals surface area contributed by atoms with Gasteiger partial charge in [-0.15, -0.1) is 0 Å². The van der Waals surface area contributed by atoms with Gasteiger partial charge in [0.15, 0.2) is 5.78 Å². The Balaban J connectivity index is 1.91. The van der Waals surface area contributed by atoms with Crippen molar-refractivity contribution in [2.45, 2.75) is 26.2 Å². The maximum absolute atomic E-state index is 13.1. The van der Waals surface area contributed by atoms with Crippen molar-refractivity contribution in [1.29, 1.82) is 0 Å². The number of rotatable bonds is 4. The lowest BCUT2D eigenvalue weighted by molar-refractivity contribution is 0.102. The summed E-state index contributed by atoms with van der Waals surface area (Å²) in [5, 5.41) is 3.23. The Morgan fingerprint density at radius 1 is 0.897 bits per heavy atom. The zero-order chi connectivity index (χ0) is 21.2. The minimum absolute atomic E-state index is 0.00918. The molecule has 3 aromatic rings. The average molecular weight is 471 g/mol. The molecule has 1 N–H and O–H groups in total. The lowest BCUT2D eigenvalue weighted by atomic mass is 9.86. The van der Waals surface area contributed by atoms with Crippen LogP contribution in [-0.2, 0) is 5.41 Å². The Morgan fingerprint density at radius 2 is 1.55 bits per heavy atom. The Labute approximate surface area is 184 Å². The highest BCUT2D eigenvalue weighted by atomic mass is 79.9. The number of benzene rings is 3. The summed E-state index contributed by atoms with van der Waals surface area (Å²) in [6.07, 6.45) is 0. The van der Waals surface area contributed by atoms with E-state index >= 15 is 0 Å². The van der Waals surface area contributed by atoms with Gasteiger partial charge in [0.1, 0.15) is 0 Å². The van der Waals surface area contributed by atoms with Gasteiger partial charge >= 0.3 is 0 Å². The summed E-state index contributed by atoms with van der Waals surface area (Å²) >= 11 is 9.59. The molecular weight excluding hydrogens is 450 g/mol. The van der Waals surface area contributed by atoms with Crippen LogP contribution in [0.5, 0.6) is 0 Å². The van der Waals surface area contributed by atoms with E-state index in [4.69, 9.17) is 11.6 Å². The fraction of sp³-hybridized carbons (Fsp3) is 0.167. The van der Waals surface area contributed by atoms with E-state index in [0.717, 1.165) is 10.0 Å². The highest BCUT2D eigenvalue weighted by Gasteiger charge is 2.19. The molecule has 5 heteroatoms. The summed E-state index contributed by atoms with van der Waals surface area (Å²) in [5.41, 5.74) is 2.87. The van der Waals surface area contributed by atoms with Crippen molar-refractivity contribution in [2.75, 3.05) is 5.32 Å². The molecule has 0 spiro atoms. The van der Waals surface area contributed by atoms with Gasteiger partial charge in [0.05, 0.1) is 10.7 Å². The van der Waals surface area contributed by atoms with Gasteiger partial charge in [0.25, 0.3) is 5.91 Å². The Kier molecular flexibility index (Phi) is 6.25. The highest BCUT2D eigenvalue weighted by Crippen LogP contribution is 2.27. The van der Waals surface area contributed by atoms with Crippen LogP contribution in [0.2, 0.25) is 5.02 Å². The molecule has 29 heavy (non-hydrogen) atoms. The van der Waals surface area contributed by atoms with Gasteiger partial charge in [-0.3, -0.25) is 9.59 Å². The molecule has 0 saturated heterocycles. The van der Waals surface area contributed by atoms with Crippen molar-refractivity contribution in [3.8, 4) is 0 Å². The number of nitrogens with one attached hydrogen (secondary N) is 1. The minimum atomic E-state index is -0.277. The lowest BCUT2D eigenvalue weighted by Gasteiger charge is -2.19. The van der Waals surface area contributed by atoms with Crippen LogP contribution in [0.4, 0.5) is 5.69 Å². The first-order valence-corrected chi connectivity index (χ1v) is 10.3. The maximum Gasteiger partial charge on any atom is 0.255 e. The van der Waals surface area contributed by atoms with E-state index in [2.05, 4.69) is 42.0 Å². The molecular formula is C24H21BrClNO2. The van der Waals surface area contributed by atoms with Crippen molar-refractivity contribution < 1.29 is 9.59 Å². The minimum Gasteiger partial charge on any atom is -0.321 e. The molecule has 1 amide bonds. The Bertz CT molecular complexity index is 1070. The molecule has 0 saturated carbocycles. The van der Waals surface area contributed by atoms with Crippen molar-refractivity contribution in [2.24, 2.45) is 0 Å². The number of hydrogen-bond acceptors (Lipinski definition) is 2. The molecule has 0 fully saturated rings. The predicted octanol–water partition coefficient (Wildman–Crippen LogP) is 6.88. The molecule has 0 aliphatic heterocycles. The second-order valence-electron chi connectivity index (χ2n) is 7.78. The van der Waals surface area contributed by atoms with E-state index in [1.807, 2.05) is 12.1 Å². The third-order valence-corrected chi connectivity index (χ3v) is 5.43. The van der Waals surface area contributed by atoms with E-state index in [1.165, 1.54) is 0 Å². The van der Waals surface area contributed by atoms with E-state index in [0.29, 0.717) is 27.4 Å². The molecule has 148 valence electrons. The first kappa shape index (κ1) is 21.3. The summed E-state index contributed by atoms with van der Waals surface area (Å²) in [5.74, 6) is -0.531. The van der Waals surface area contributed by atoms with Crippen LogP contribution in [0.1, 0.15) is 52.6 Å². The number of amides is 1. The normalized spacial score (nSPS) is 11.2. The highest BCUT2D eigenvalue weighted by molar-refractivity contribution is 9.10. The van der Waals surface area contributed by atoms with Gasteiger partial charge in [0, 0.05) is 21.2 Å². The summed E-state index contributed by atoms with van der Waals surface area (Å²) < 4.78 is 0.737. The zero-order valence-electron chi connectivity index (χ0n) is 16.4. The Hall–Kier alpha value is -2.43. The second kappa shape index (κ2) is 8.52. The van der Waals surface area contributed by atoms with Gasteiger partial charge in [-0.05, 0) is 53.4 Å². The SMILES string of the molecule is CC(C)(C)c1ccc(C(=O)Nc2ccc(Br)cc2C(=O)c2ccccc2Cl)cc1. The maximum atomic E-state index is 13.1. The van der Waals surface area contributed by atoms with Crippen molar-refractivity contribution in [3.63, 3.8) is 0 Å². The van der Waals surface area contributed by atoms with Crippen LogP contribution in [0.25, 0.3) is 0 Å². The molecule has 3 rings (SSSR count). The molecule has 0 atom stereocenters. The van der Waals surface area contributed by atoms with E-state index in [1.54, 1.807) is 54.6 Å². The average Bonchev–Trinajstić information content (AvgIpc) is 2.68. The van der Waals surface area contributed by atoms with Crippen molar-refractivity contribution in [1.82, 2.24) is 0 Å². The molecule has 0 radical (unpaired) electrons. The van der Waals surface area contributed by atoms with Crippen LogP contribution < -0.4 is 5.32 Å². The summed E-state index contributed by atoms with van der Waals surface area (Å²) in [6, 6.07) is 19.5. The van der Waals surface area contributed by atoms with Crippen LogP contribution in [0, 0.1) is 0 Å². The summed E-state index contributed by atoms with van der Waals surface area (Å²) in [4.78, 5) is 25.8. The van der Waals surface area contributed by atoms with Gasteiger partial charge in [0.2, 0.25) is 0 Å². The topological polar surface area (TPSA) is 46.2 Å². The third kappa shape index (κ3) is 4.95. The van der Waals surface area contributed by atoms with Crippen molar-refractivity contribution >= 4 is 44.9 Å². The van der Waals surface area contributed by atoms with Gasteiger partial charge in [-0.25, -0.2) is 0 Å². The fourth-order valence-electron chi connectivity index (χ4n) is 2.92. The van der Waals surface area contributed by atoms with Crippen molar-refractivity contribution in [3.05, 3.63) is 98.5 Å². The molecule has 0 bridgehead atoms. The molecule has 3 nitrogen and oxygen atoms in total. The van der Waals surface area contributed by atoms with Crippen LogP contribution in [-0.4, -0.2) is 11.7 Å². The standard InChI is InChI=1S/C24H21BrClNO2/c1-24(2,3)16-10-8-15(9-11-16)23(29)27-21-13-12-17(25)14-19(21)22(28)18-6-4-5-7-20(18)26/h4-14H,1-3H3,(H,27,29).